The average molecular weight is 298 g/mol. The Morgan fingerprint density at radius 1 is 1.10 bits per heavy atom. The van der Waals surface area contributed by atoms with Gasteiger partial charge in [-0.05, 0) is 42.4 Å². The van der Waals surface area contributed by atoms with E-state index in [9.17, 15) is 0 Å². The summed E-state index contributed by atoms with van der Waals surface area (Å²) in [7, 11) is 0. The van der Waals surface area contributed by atoms with Gasteiger partial charge in [0.25, 0.3) is 0 Å². The van der Waals surface area contributed by atoms with Crippen LogP contribution in [0, 0.1) is 10.9 Å². The fourth-order valence-corrected chi connectivity index (χ4v) is 3.67. The maximum Gasteiger partial charge on any atom is 0.162 e. The number of aryl methyl sites for hydroxylation is 1. The van der Waals surface area contributed by atoms with Crippen LogP contribution in [0.25, 0.3) is 11.3 Å². The van der Waals surface area contributed by atoms with Crippen LogP contribution >= 0.6 is 23.6 Å². The van der Waals surface area contributed by atoms with Crippen LogP contribution in [0.15, 0.2) is 54.9 Å². The molecule has 0 aliphatic heterocycles. The number of pyridine rings is 1. The lowest BCUT2D eigenvalue weighted by Crippen LogP contribution is -2.02. The van der Waals surface area contributed by atoms with E-state index in [0.717, 1.165) is 10.5 Å². The molecule has 2 heterocycles. The molecule has 0 fully saturated rings. The maximum atomic E-state index is 5.53. The van der Waals surface area contributed by atoms with Crippen LogP contribution in [0.1, 0.15) is 10.4 Å². The molecule has 2 aromatic heterocycles. The van der Waals surface area contributed by atoms with Gasteiger partial charge in [0, 0.05) is 23.8 Å². The van der Waals surface area contributed by atoms with Crippen molar-refractivity contribution >= 4 is 23.6 Å². The second kappa shape index (κ2) is 5.69. The smallest absolute Gasteiger partial charge is 0.162 e. The van der Waals surface area contributed by atoms with Gasteiger partial charge in [-0.3, -0.25) is 4.98 Å². The Hall–Kier alpha value is -1.78. The van der Waals surface area contributed by atoms with Crippen LogP contribution < -0.4 is 0 Å². The zero-order valence-electron chi connectivity index (χ0n) is 11.1. The average Bonchev–Trinajstić information content (AvgIpc) is 2.75. The summed E-state index contributed by atoms with van der Waals surface area (Å²) in [5.74, 6) is 0. The molecule has 0 aliphatic carbocycles. The first-order chi connectivity index (χ1) is 9.75. The van der Waals surface area contributed by atoms with E-state index >= 15 is 0 Å². The SMILES string of the molecule is Cc1sc(=S)n(Cc2ccncc2)c1-c1ccccc1. The molecule has 0 spiro atoms. The molecule has 0 bridgehead atoms. The van der Waals surface area contributed by atoms with Gasteiger partial charge in [0.15, 0.2) is 3.95 Å². The summed E-state index contributed by atoms with van der Waals surface area (Å²) in [5.41, 5.74) is 3.65. The van der Waals surface area contributed by atoms with Crippen molar-refractivity contribution in [1.29, 1.82) is 0 Å². The van der Waals surface area contributed by atoms with Crippen molar-refractivity contribution in [2.75, 3.05) is 0 Å². The zero-order chi connectivity index (χ0) is 13.9. The second-order valence-electron chi connectivity index (χ2n) is 4.58. The van der Waals surface area contributed by atoms with Crippen LogP contribution in [0.2, 0.25) is 0 Å². The Balaban J connectivity index is 2.10. The first-order valence-corrected chi connectivity index (χ1v) is 7.63. The first kappa shape index (κ1) is 13.2. The Kier molecular flexibility index (Phi) is 3.76. The van der Waals surface area contributed by atoms with E-state index in [0.29, 0.717) is 0 Å². The van der Waals surface area contributed by atoms with E-state index in [1.807, 2.05) is 30.6 Å². The molecule has 0 atom stereocenters. The highest BCUT2D eigenvalue weighted by Gasteiger charge is 2.11. The van der Waals surface area contributed by atoms with Gasteiger partial charge in [0.1, 0.15) is 0 Å². The number of thiazole rings is 1. The molecule has 20 heavy (non-hydrogen) atoms. The van der Waals surface area contributed by atoms with Gasteiger partial charge < -0.3 is 4.57 Å². The Morgan fingerprint density at radius 3 is 2.50 bits per heavy atom. The predicted molar refractivity (Wildman–Crippen MR) is 86.7 cm³/mol. The van der Waals surface area contributed by atoms with E-state index in [1.165, 1.54) is 21.7 Å². The maximum absolute atomic E-state index is 5.53. The van der Waals surface area contributed by atoms with E-state index in [-0.39, 0.29) is 0 Å². The summed E-state index contributed by atoms with van der Waals surface area (Å²) >= 11 is 7.20. The molecule has 0 aliphatic rings. The van der Waals surface area contributed by atoms with E-state index in [4.69, 9.17) is 12.2 Å². The lowest BCUT2D eigenvalue weighted by Gasteiger charge is -2.10. The fraction of sp³-hybridized carbons (Fsp3) is 0.125. The highest BCUT2D eigenvalue weighted by atomic mass is 32.1. The van der Waals surface area contributed by atoms with Crippen LogP contribution in [0.5, 0.6) is 0 Å². The van der Waals surface area contributed by atoms with Crippen molar-refractivity contribution in [3.63, 3.8) is 0 Å². The van der Waals surface area contributed by atoms with Gasteiger partial charge in [-0.2, -0.15) is 0 Å². The molecule has 100 valence electrons. The molecule has 4 heteroatoms. The number of aromatic nitrogens is 2. The van der Waals surface area contributed by atoms with Gasteiger partial charge in [0.2, 0.25) is 0 Å². The number of benzene rings is 1. The summed E-state index contributed by atoms with van der Waals surface area (Å²) in [6.07, 6.45) is 3.64. The highest BCUT2D eigenvalue weighted by molar-refractivity contribution is 7.73. The molecule has 1 aromatic carbocycles. The third kappa shape index (κ3) is 2.57. The molecular weight excluding hydrogens is 284 g/mol. The topological polar surface area (TPSA) is 17.8 Å². The van der Waals surface area contributed by atoms with Crippen molar-refractivity contribution in [3.8, 4) is 11.3 Å². The van der Waals surface area contributed by atoms with Gasteiger partial charge in [-0.15, -0.1) is 11.3 Å². The Labute approximate surface area is 127 Å². The molecule has 0 amide bonds. The number of hydrogen-bond acceptors (Lipinski definition) is 3. The molecule has 0 saturated carbocycles. The minimum absolute atomic E-state index is 0.788. The van der Waals surface area contributed by atoms with Crippen LogP contribution in [-0.2, 0) is 6.54 Å². The molecule has 0 saturated heterocycles. The minimum Gasteiger partial charge on any atom is -0.318 e. The molecule has 2 nitrogen and oxygen atoms in total. The first-order valence-electron chi connectivity index (χ1n) is 6.40. The van der Waals surface area contributed by atoms with Crippen LogP contribution in [-0.4, -0.2) is 9.55 Å². The molecule has 3 rings (SSSR count). The van der Waals surface area contributed by atoms with Crippen molar-refractivity contribution in [3.05, 3.63) is 69.3 Å². The third-order valence-corrected chi connectivity index (χ3v) is 4.57. The summed E-state index contributed by atoms with van der Waals surface area (Å²) < 4.78 is 3.12. The van der Waals surface area contributed by atoms with Gasteiger partial charge in [0.05, 0.1) is 5.69 Å². The third-order valence-electron chi connectivity index (χ3n) is 3.20. The molecule has 0 N–H and O–H groups in total. The van der Waals surface area contributed by atoms with E-state index in [1.54, 1.807) is 11.3 Å². The predicted octanol–water partition coefficient (Wildman–Crippen LogP) is 4.70. The number of nitrogens with zero attached hydrogens (tertiary/aromatic N) is 2. The summed E-state index contributed by atoms with van der Waals surface area (Å²) in [6.45, 7) is 2.92. The highest BCUT2D eigenvalue weighted by Crippen LogP contribution is 2.29. The van der Waals surface area contributed by atoms with Crippen molar-refractivity contribution < 1.29 is 0 Å². The normalized spacial score (nSPS) is 10.7. The van der Waals surface area contributed by atoms with Crippen molar-refractivity contribution in [2.45, 2.75) is 13.5 Å². The van der Waals surface area contributed by atoms with Gasteiger partial charge >= 0.3 is 0 Å². The molecule has 0 radical (unpaired) electrons. The molecule has 3 aromatic rings. The van der Waals surface area contributed by atoms with Gasteiger partial charge in [-0.25, -0.2) is 0 Å². The molecule has 0 unspecified atom stereocenters. The zero-order valence-corrected chi connectivity index (χ0v) is 12.7. The Bertz CT molecular complexity index is 758. The minimum atomic E-state index is 0.788. The summed E-state index contributed by atoms with van der Waals surface area (Å²) in [6, 6.07) is 14.5. The number of hydrogen-bond donors (Lipinski definition) is 0. The second-order valence-corrected chi connectivity index (χ2v) is 6.43. The molecular formula is C16H14N2S2. The van der Waals surface area contributed by atoms with Crippen molar-refractivity contribution in [1.82, 2.24) is 9.55 Å². The lowest BCUT2D eigenvalue weighted by atomic mass is 10.1. The quantitative estimate of drug-likeness (QED) is 0.652. The van der Waals surface area contributed by atoms with Gasteiger partial charge in [-0.1, -0.05) is 30.3 Å². The van der Waals surface area contributed by atoms with E-state index < -0.39 is 0 Å². The lowest BCUT2D eigenvalue weighted by molar-refractivity contribution is 0.805. The largest absolute Gasteiger partial charge is 0.318 e. The van der Waals surface area contributed by atoms with Crippen LogP contribution in [0.4, 0.5) is 0 Å². The summed E-state index contributed by atoms with van der Waals surface area (Å²) in [4.78, 5) is 5.32. The van der Waals surface area contributed by atoms with Crippen LogP contribution in [0.3, 0.4) is 0 Å². The monoisotopic (exact) mass is 298 g/mol. The van der Waals surface area contributed by atoms with Crippen molar-refractivity contribution in [2.24, 2.45) is 0 Å². The number of rotatable bonds is 3. The van der Waals surface area contributed by atoms with E-state index in [2.05, 4.69) is 40.7 Å². The standard InChI is InChI=1S/C16H14N2S2/c1-12-15(14-5-3-2-4-6-14)18(16(19)20-12)11-13-7-9-17-10-8-13/h2-10H,11H2,1H3. The summed E-state index contributed by atoms with van der Waals surface area (Å²) in [5, 5.41) is 0. The Morgan fingerprint density at radius 2 is 1.80 bits per heavy atom. The fourth-order valence-electron chi connectivity index (χ4n) is 2.29.